The zero-order valence-electron chi connectivity index (χ0n) is 10.1. The maximum Gasteiger partial charge on any atom is 0.410 e. The molecule has 0 bridgehead atoms. The van der Waals surface area contributed by atoms with Gasteiger partial charge >= 0.3 is 12.1 Å². The van der Waals surface area contributed by atoms with Gasteiger partial charge in [0.1, 0.15) is 12.6 Å². The highest BCUT2D eigenvalue weighted by Gasteiger charge is 2.33. The number of carbonyl (C=O) groups is 2. The molecule has 0 saturated carbocycles. The Balaban J connectivity index is 2.58. The second-order valence-electron chi connectivity index (χ2n) is 3.79. The van der Waals surface area contributed by atoms with Crippen molar-refractivity contribution in [3.63, 3.8) is 0 Å². The summed E-state index contributed by atoms with van der Waals surface area (Å²) < 4.78 is 9.75. The minimum Gasteiger partial charge on any atom is -0.464 e. The van der Waals surface area contributed by atoms with Gasteiger partial charge in [0.05, 0.1) is 13.2 Å². The average molecular weight is 245 g/mol. The number of hydrogen-bond acceptors (Lipinski definition) is 5. The fourth-order valence-corrected chi connectivity index (χ4v) is 1.85. The Kier molecular flexibility index (Phi) is 5.76. The molecule has 1 amide bonds. The Bertz CT molecular complexity index is 269. The summed E-state index contributed by atoms with van der Waals surface area (Å²) in [4.78, 5) is 24.7. The number of likely N-dealkylation sites (tertiary alicyclic amines) is 1. The van der Waals surface area contributed by atoms with Crippen molar-refractivity contribution >= 4 is 12.1 Å². The topological polar surface area (TPSA) is 76.1 Å². The third-order valence-electron chi connectivity index (χ3n) is 2.61. The first-order valence-electron chi connectivity index (χ1n) is 5.91. The number of piperidine rings is 1. The molecule has 1 aliphatic rings. The smallest absolute Gasteiger partial charge is 0.410 e. The number of esters is 1. The van der Waals surface area contributed by atoms with Crippen molar-refractivity contribution in [2.75, 3.05) is 26.4 Å². The fourth-order valence-electron chi connectivity index (χ4n) is 1.85. The summed E-state index contributed by atoms with van der Waals surface area (Å²) in [5, 5.41) is 8.59. The van der Waals surface area contributed by atoms with E-state index in [1.807, 2.05) is 0 Å². The number of nitrogens with zero attached hydrogens (tertiary/aromatic N) is 1. The minimum absolute atomic E-state index is 0.0507. The maximum atomic E-state index is 11.7. The van der Waals surface area contributed by atoms with Gasteiger partial charge in [-0.1, -0.05) is 0 Å². The largest absolute Gasteiger partial charge is 0.464 e. The van der Waals surface area contributed by atoms with Gasteiger partial charge in [-0.25, -0.2) is 9.59 Å². The summed E-state index contributed by atoms with van der Waals surface area (Å²) in [6, 6.07) is -0.546. The maximum absolute atomic E-state index is 11.7. The van der Waals surface area contributed by atoms with Crippen LogP contribution < -0.4 is 0 Å². The van der Waals surface area contributed by atoms with Gasteiger partial charge in [0.15, 0.2) is 0 Å². The van der Waals surface area contributed by atoms with Gasteiger partial charge < -0.3 is 14.6 Å². The molecule has 1 saturated heterocycles. The second kappa shape index (κ2) is 7.11. The van der Waals surface area contributed by atoms with E-state index in [4.69, 9.17) is 14.6 Å². The van der Waals surface area contributed by atoms with Crippen LogP contribution in [0, 0.1) is 0 Å². The Morgan fingerprint density at radius 3 is 2.76 bits per heavy atom. The van der Waals surface area contributed by atoms with Crippen LogP contribution in [-0.4, -0.2) is 54.5 Å². The van der Waals surface area contributed by atoms with Gasteiger partial charge in [-0.15, -0.1) is 0 Å². The van der Waals surface area contributed by atoms with E-state index in [0.717, 1.165) is 12.8 Å². The SMILES string of the molecule is CCOC(=O)C1CCCCN1C(=O)OCCO. The van der Waals surface area contributed by atoms with Gasteiger partial charge in [0.25, 0.3) is 0 Å². The van der Waals surface area contributed by atoms with Crippen molar-refractivity contribution in [1.29, 1.82) is 0 Å². The predicted molar refractivity (Wildman–Crippen MR) is 59.4 cm³/mol. The highest BCUT2D eigenvalue weighted by atomic mass is 16.6. The number of ether oxygens (including phenoxy) is 2. The zero-order valence-corrected chi connectivity index (χ0v) is 10.1. The summed E-state index contributed by atoms with van der Waals surface area (Å²) in [6.07, 6.45) is 1.79. The van der Waals surface area contributed by atoms with Gasteiger partial charge in [0.2, 0.25) is 0 Å². The van der Waals surface area contributed by atoms with E-state index < -0.39 is 12.1 Å². The molecule has 1 fully saturated rings. The number of amides is 1. The molecular formula is C11H19NO5. The highest BCUT2D eigenvalue weighted by molar-refractivity contribution is 5.81. The standard InChI is InChI=1S/C11H19NO5/c1-2-16-10(14)9-5-3-4-6-12(9)11(15)17-8-7-13/h9,13H,2-8H2,1H3. The third kappa shape index (κ3) is 3.89. The number of aliphatic hydroxyl groups is 1. The monoisotopic (exact) mass is 245 g/mol. The molecule has 98 valence electrons. The van der Waals surface area contributed by atoms with Crippen LogP contribution >= 0.6 is 0 Å². The minimum atomic E-state index is -0.559. The lowest BCUT2D eigenvalue weighted by Crippen LogP contribution is -2.49. The van der Waals surface area contributed by atoms with Crippen LogP contribution in [0.3, 0.4) is 0 Å². The molecule has 0 aromatic rings. The van der Waals surface area contributed by atoms with Crippen molar-refractivity contribution in [2.45, 2.75) is 32.2 Å². The number of aliphatic hydroxyl groups excluding tert-OH is 1. The van der Waals surface area contributed by atoms with Crippen molar-refractivity contribution in [1.82, 2.24) is 4.90 Å². The molecule has 1 rings (SSSR count). The first-order valence-corrected chi connectivity index (χ1v) is 5.91. The summed E-state index contributed by atoms with van der Waals surface area (Å²) in [7, 11) is 0. The summed E-state index contributed by atoms with van der Waals surface area (Å²) in [5.41, 5.74) is 0. The fraction of sp³-hybridized carbons (Fsp3) is 0.818. The Morgan fingerprint density at radius 1 is 1.35 bits per heavy atom. The van der Waals surface area contributed by atoms with Crippen LogP contribution in [0.5, 0.6) is 0 Å². The second-order valence-corrected chi connectivity index (χ2v) is 3.79. The van der Waals surface area contributed by atoms with Gasteiger partial charge in [-0.3, -0.25) is 4.90 Å². The van der Waals surface area contributed by atoms with Crippen molar-refractivity contribution in [3.05, 3.63) is 0 Å². The normalized spacial score (nSPS) is 19.9. The van der Waals surface area contributed by atoms with Crippen LogP contribution in [0.2, 0.25) is 0 Å². The first kappa shape index (κ1) is 13.8. The molecule has 0 aromatic heterocycles. The van der Waals surface area contributed by atoms with Crippen LogP contribution in [0.15, 0.2) is 0 Å². The molecule has 0 aromatic carbocycles. The Morgan fingerprint density at radius 2 is 2.12 bits per heavy atom. The van der Waals surface area contributed by atoms with E-state index in [1.165, 1.54) is 4.90 Å². The molecule has 6 heteroatoms. The van der Waals surface area contributed by atoms with Crippen LogP contribution in [0.1, 0.15) is 26.2 Å². The van der Waals surface area contributed by atoms with Crippen molar-refractivity contribution < 1.29 is 24.2 Å². The van der Waals surface area contributed by atoms with Crippen molar-refractivity contribution in [3.8, 4) is 0 Å². The van der Waals surface area contributed by atoms with E-state index in [1.54, 1.807) is 6.92 Å². The van der Waals surface area contributed by atoms with Gasteiger partial charge in [-0.2, -0.15) is 0 Å². The van der Waals surface area contributed by atoms with Crippen LogP contribution in [-0.2, 0) is 14.3 Å². The van der Waals surface area contributed by atoms with Gasteiger partial charge in [0, 0.05) is 6.54 Å². The molecule has 0 radical (unpaired) electrons. The molecular weight excluding hydrogens is 226 g/mol. The Hall–Kier alpha value is -1.30. The van der Waals surface area contributed by atoms with E-state index in [-0.39, 0.29) is 19.2 Å². The zero-order chi connectivity index (χ0) is 12.7. The van der Waals surface area contributed by atoms with Crippen LogP contribution in [0.25, 0.3) is 0 Å². The molecule has 6 nitrogen and oxygen atoms in total. The summed E-state index contributed by atoms with van der Waals surface area (Å²) in [6.45, 7) is 2.26. The molecule has 0 spiro atoms. The quantitative estimate of drug-likeness (QED) is 0.731. The average Bonchev–Trinajstić information content (AvgIpc) is 2.36. The first-order chi connectivity index (χ1) is 8.20. The highest BCUT2D eigenvalue weighted by Crippen LogP contribution is 2.19. The lowest BCUT2D eigenvalue weighted by Gasteiger charge is -2.32. The number of hydrogen-bond donors (Lipinski definition) is 1. The molecule has 0 aliphatic carbocycles. The van der Waals surface area contributed by atoms with E-state index >= 15 is 0 Å². The van der Waals surface area contributed by atoms with E-state index in [0.29, 0.717) is 19.6 Å². The molecule has 17 heavy (non-hydrogen) atoms. The summed E-state index contributed by atoms with van der Waals surface area (Å²) in [5.74, 6) is -0.381. The van der Waals surface area contributed by atoms with Gasteiger partial charge in [-0.05, 0) is 26.2 Å². The molecule has 1 heterocycles. The molecule has 1 N–H and O–H groups in total. The molecule has 1 aliphatic heterocycles. The number of carbonyl (C=O) groups excluding carboxylic acids is 2. The van der Waals surface area contributed by atoms with Crippen LogP contribution in [0.4, 0.5) is 4.79 Å². The van der Waals surface area contributed by atoms with Crippen molar-refractivity contribution in [2.24, 2.45) is 0 Å². The number of rotatable bonds is 4. The lowest BCUT2D eigenvalue weighted by atomic mass is 10.0. The molecule has 1 atom stereocenters. The molecule has 1 unspecified atom stereocenters. The predicted octanol–water partition coefficient (Wildman–Crippen LogP) is 0.533. The summed E-state index contributed by atoms with van der Waals surface area (Å²) >= 11 is 0. The lowest BCUT2D eigenvalue weighted by molar-refractivity contribution is -0.150. The third-order valence-corrected chi connectivity index (χ3v) is 2.61. The van der Waals surface area contributed by atoms with E-state index in [9.17, 15) is 9.59 Å². The Labute approximate surface area is 100 Å². The van der Waals surface area contributed by atoms with E-state index in [2.05, 4.69) is 0 Å².